The molecule has 0 spiro atoms. The van der Waals surface area contributed by atoms with Crippen LogP contribution in [0.2, 0.25) is 0 Å². The zero-order valence-corrected chi connectivity index (χ0v) is 14.0. The third-order valence-electron chi connectivity index (χ3n) is 4.61. The van der Waals surface area contributed by atoms with E-state index in [9.17, 15) is 4.79 Å². The molecule has 3 aromatic carbocycles. The second-order valence-corrected chi connectivity index (χ2v) is 6.09. The maximum Gasteiger partial charge on any atom is 0.338 e. The minimum atomic E-state index is -0.341. The number of rotatable bonds is 4. The molecule has 4 rings (SSSR count). The molecule has 0 unspecified atom stereocenters. The quantitative estimate of drug-likeness (QED) is 0.512. The summed E-state index contributed by atoms with van der Waals surface area (Å²) >= 11 is 0. The van der Waals surface area contributed by atoms with Gasteiger partial charge in [0.15, 0.2) is 0 Å². The molecular weight excluding hydrogens is 312 g/mol. The van der Waals surface area contributed by atoms with Crippen molar-refractivity contribution in [3.05, 3.63) is 89.0 Å². The number of carbonyl (C=O) groups is 1. The van der Waals surface area contributed by atoms with E-state index in [0.717, 1.165) is 12.0 Å². The summed E-state index contributed by atoms with van der Waals surface area (Å²) in [4.78, 5) is 12.3. The van der Waals surface area contributed by atoms with Crippen molar-refractivity contribution in [2.45, 2.75) is 13.0 Å². The van der Waals surface area contributed by atoms with E-state index in [2.05, 4.69) is 30.3 Å². The molecule has 0 aromatic heterocycles. The van der Waals surface area contributed by atoms with Crippen molar-refractivity contribution >= 4 is 5.97 Å². The first kappa shape index (κ1) is 15.5. The van der Waals surface area contributed by atoms with Gasteiger partial charge in [-0.2, -0.15) is 0 Å². The Balaban J connectivity index is 1.54. The number of ether oxygens (including phenoxy) is 2. The van der Waals surface area contributed by atoms with Gasteiger partial charge in [0.25, 0.3) is 0 Å². The van der Waals surface area contributed by atoms with Gasteiger partial charge in [0.1, 0.15) is 12.4 Å². The van der Waals surface area contributed by atoms with Crippen molar-refractivity contribution in [3.63, 3.8) is 0 Å². The van der Waals surface area contributed by atoms with Crippen molar-refractivity contribution < 1.29 is 14.3 Å². The Hall–Kier alpha value is -3.07. The molecule has 0 heterocycles. The van der Waals surface area contributed by atoms with Crippen LogP contribution in [0, 0.1) is 0 Å². The summed E-state index contributed by atoms with van der Waals surface area (Å²) in [6.07, 6.45) is 0.887. The van der Waals surface area contributed by atoms with Gasteiger partial charge in [0, 0.05) is 0 Å². The van der Waals surface area contributed by atoms with E-state index >= 15 is 0 Å². The van der Waals surface area contributed by atoms with E-state index in [4.69, 9.17) is 9.47 Å². The Bertz CT molecular complexity index is 944. The van der Waals surface area contributed by atoms with E-state index in [1.54, 1.807) is 31.4 Å². The van der Waals surface area contributed by atoms with Crippen LogP contribution < -0.4 is 4.74 Å². The van der Waals surface area contributed by atoms with Crippen LogP contribution >= 0.6 is 0 Å². The lowest BCUT2D eigenvalue weighted by Crippen LogP contribution is -2.06. The SMILES string of the molecule is COc1cccc(C(=O)OCc2cccc3c2Cc2ccccc2-3)c1. The van der Waals surface area contributed by atoms with Gasteiger partial charge in [0.2, 0.25) is 0 Å². The molecule has 3 heteroatoms. The second kappa shape index (κ2) is 6.44. The van der Waals surface area contributed by atoms with Crippen LogP contribution in [-0.2, 0) is 17.8 Å². The fourth-order valence-electron chi connectivity index (χ4n) is 3.34. The van der Waals surface area contributed by atoms with E-state index in [1.807, 2.05) is 12.1 Å². The van der Waals surface area contributed by atoms with Crippen LogP contribution in [0.5, 0.6) is 5.75 Å². The van der Waals surface area contributed by atoms with Gasteiger partial charge >= 0.3 is 5.97 Å². The summed E-state index contributed by atoms with van der Waals surface area (Å²) in [5, 5.41) is 0. The van der Waals surface area contributed by atoms with Gasteiger partial charge in [0.05, 0.1) is 12.7 Å². The number of benzene rings is 3. The molecule has 0 aliphatic heterocycles. The van der Waals surface area contributed by atoms with Crippen LogP contribution in [0.15, 0.2) is 66.7 Å². The molecule has 0 saturated heterocycles. The maximum atomic E-state index is 12.3. The highest BCUT2D eigenvalue weighted by atomic mass is 16.5. The zero-order valence-electron chi connectivity index (χ0n) is 14.0. The molecular formula is C22H18O3. The lowest BCUT2D eigenvalue weighted by molar-refractivity contribution is 0.0471. The standard InChI is InChI=1S/C22H18O3/c1-24-18-9-4-7-16(12-18)22(23)25-14-17-8-5-11-20-19-10-3-2-6-15(19)13-21(17)20/h2-12H,13-14H2,1H3. The summed E-state index contributed by atoms with van der Waals surface area (Å²) in [7, 11) is 1.58. The first-order valence-corrected chi connectivity index (χ1v) is 8.26. The van der Waals surface area contributed by atoms with E-state index in [-0.39, 0.29) is 12.6 Å². The predicted octanol–water partition coefficient (Wildman–Crippen LogP) is 4.62. The average molecular weight is 330 g/mol. The van der Waals surface area contributed by atoms with Crippen molar-refractivity contribution in [1.29, 1.82) is 0 Å². The second-order valence-electron chi connectivity index (χ2n) is 6.09. The minimum absolute atomic E-state index is 0.271. The highest BCUT2D eigenvalue weighted by Crippen LogP contribution is 2.38. The first-order chi connectivity index (χ1) is 12.3. The van der Waals surface area contributed by atoms with E-state index in [0.29, 0.717) is 11.3 Å². The molecule has 0 amide bonds. The molecule has 0 radical (unpaired) electrons. The smallest absolute Gasteiger partial charge is 0.338 e. The lowest BCUT2D eigenvalue weighted by Gasteiger charge is -2.10. The van der Waals surface area contributed by atoms with Gasteiger partial charge in [-0.25, -0.2) is 4.79 Å². The van der Waals surface area contributed by atoms with Gasteiger partial charge in [-0.3, -0.25) is 0 Å². The van der Waals surface area contributed by atoms with E-state index in [1.165, 1.54) is 22.3 Å². The van der Waals surface area contributed by atoms with Crippen LogP contribution in [0.3, 0.4) is 0 Å². The number of carbonyl (C=O) groups excluding carboxylic acids is 1. The van der Waals surface area contributed by atoms with Gasteiger partial charge in [-0.05, 0) is 52.4 Å². The Morgan fingerprint density at radius 3 is 2.64 bits per heavy atom. The molecule has 0 fully saturated rings. The minimum Gasteiger partial charge on any atom is -0.497 e. The van der Waals surface area contributed by atoms with Crippen LogP contribution in [0.1, 0.15) is 27.0 Å². The van der Waals surface area contributed by atoms with Crippen LogP contribution in [0.4, 0.5) is 0 Å². The molecule has 1 aliphatic carbocycles. The summed E-state index contributed by atoms with van der Waals surface area (Å²) in [5.41, 5.74) is 6.65. The third-order valence-corrected chi connectivity index (χ3v) is 4.61. The van der Waals surface area contributed by atoms with Crippen LogP contribution in [-0.4, -0.2) is 13.1 Å². The molecule has 0 N–H and O–H groups in total. The summed E-state index contributed by atoms with van der Waals surface area (Å²) in [6, 6.07) is 21.6. The Kier molecular flexibility index (Phi) is 3.98. The topological polar surface area (TPSA) is 35.5 Å². The highest BCUT2D eigenvalue weighted by molar-refractivity contribution is 5.90. The normalized spacial score (nSPS) is 11.6. The Labute approximate surface area is 146 Å². The van der Waals surface area contributed by atoms with E-state index < -0.39 is 0 Å². The number of hydrogen-bond acceptors (Lipinski definition) is 3. The van der Waals surface area contributed by atoms with Crippen molar-refractivity contribution in [1.82, 2.24) is 0 Å². The molecule has 1 aliphatic rings. The molecule has 0 saturated carbocycles. The summed E-state index contributed by atoms with van der Waals surface area (Å²) < 4.78 is 10.7. The van der Waals surface area contributed by atoms with Crippen molar-refractivity contribution in [3.8, 4) is 16.9 Å². The number of esters is 1. The zero-order chi connectivity index (χ0) is 17.2. The van der Waals surface area contributed by atoms with Gasteiger partial charge in [-0.15, -0.1) is 0 Å². The molecule has 0 bridgehead atoms. The lowest BCUT2D eigenvalue weighted by atomic mass is 10.0. The Morgan fingerprint density at radius 2 is 1.76 bits per heavy atom. The largest absolute Gasteiger partial charge is 0.497 e. The molecule has 124 valence electrons. The van der Waals surface area contributed by atoms with Gasteiger partial charge < -0.3 is 9.47 Å². The molecule has 3 nitrogen and oxygen atoms in total. The monoisotopic (exact) mass is 330 g/mol. The Morgan fingerprint density at radius 1 is 0.960 bits per heavy atom. The predicted molar refractivity (Wildman–Crippen MR) is 96.8 cm³/mol. The number of methoxy groups -OCH3 is 1. The maximum absolute atomic E-state index is 12.3. The third kappa shape index (κ3) is 2.89. The summed E-state index contributed by atoms with van der Waals surface area (Å²) in [6.45, 7) is 0.271. The average Bonchev–Trinajstić information content (AvgIpc) is 3.05. The fourth-order valence-corrected chi connectivity index (χ4v) is 3.34. The van der Waals surface area contributed by atoms with Gasteiger partial charge in [-0.1, -0.05) is 48.5 Å². The molecule has 0 atom stereocenters. The number of fused-ring (bicyclic) bond motifs is 3. The molecule has 25 heavy (non-hydrogen) atoms. The highest BCUT2D eigenvalue weighted by Gasteiger charge is 2.21. The number of hydrogen-bond donors (Lipinski definition) is 0. The summed E-state index contributed by atoms with van der Waals surface area (Å²) in [5.74, 6) is 0.303. The van der Waals surface area contributed by atoms with Crippen LogP contribution in [0.25, 0.3) is 11.1 Å². The first-order valence-electron chi connectivity index (χ1n) is 8.26. The fraction of sp³-hybridized carbons (Fsp3) is 0.136. The van der Waals surface area contributed by atoms with Crippen molar-refractivity contribution in [2.24, 2.45) is 0 Å². The molecule has 3 aromatic rings. The van der Waals surface area contributed by atoms with Crippen molar-refractivity contribution in [2.75, 3.05) is 7.11 Å².